The van der Waals surface area contributed by atoms with Gasteiger partial charge >= 0.3 is 0 Å². The Balaban J connectivity index is 1.85. The van der Waals surface area contributed by atoms with Gasteiger partial charge in [0.25, 0.3) is 0 Å². The predicted molar refractivity (Wildman–Crippen MR) is 97.0 cm³/mol. The van der Waals surface area contributed by atoms with E-state index in [-0.39, 0.29) is 29.5 Å². The van der Waals surface area contributed by atoms with E-state index in [1.807, 2.05) is 38.1 Å². The Morgan fingerprint density at radius 2 is 2.20 bits per heavy atom. The fraction of sp³-hybridized carbons (Fsp3) is 0.368. The molecule has 1 aromatic heterocycles. The first-order valence-electron chi connectivity index (χ1n) is 8.43. The van der Waals surface area contributed by atoms with Crippen molar-refractivity contribution in [3.8, 4) is 0 Å². The zero-order valence-corrected chi connectivity index (χ0v) is 15.0. The number of amides is 1. The number of rotatable bonds is 4. The predicted octanol–water partition coefficient (Wildman–Crippen LogP) is 4.03. The van der Waals surface area contributed by atoms with Crippen molar-refractivity contribution in [1.29, 1.82) is 0 Å². The van der Waals surface area contributed by atoms with Crippen LogP contribution in [-0.4, -0.2) is 21.7 Å². The summed E-state index contributed by atoms with van der Waals surface area (Å²) in [6.45, 7) is 3.80. The number of ketones is 1. The smallest absolute Gasteiger partial charge is 0.229 e. The first-order chi connectivity index (χ1) is 12.0. The number of nitrogens with one attached hydrogen (secondary N) is 1. The van der Waals surface area contributed by atoms with Crippen LogP contribution in [0.5, 0.6) is 0 Å². The van der Waals surface area contributed by atoms with Crippen molar-refractivity contribution < 1.29 is 9.59 Å². The van der Waals surface area contributed by atoms with E-state index >= 15 is 0 Å². The topological polar surface area (TPSA) is 72.0 Å². The highest BCUT2D eigenvalue weighted by Crippen LogP contribution is 2.32. The first kappa shape index (κ1) is 17.5. The van der Waals surface area contributed by atoms with Crippen molar-refractivity contribution in [1.82, 2.24) is 9.97 Å². The lowest BCUT2D eigenvalue weighted by molar-refractivity contribution is -0.119. The van der Waals surface area contributed by atoms with Gasteiger partial charge in [-0.25, -0.2) is 9.97 Å². The SMILES string of the molecule is CC[C@H](C)C(=O)Nc1ncc2c(n1)C[C@@H](c1cccc(Cl)c1)CC2=O. The second kappa shape index (κ2) is 7.31. The van der Waals surface area contributed by atoms with Crippen molar-refractivity contribution >= 4 is 29.2 Å². The van der Waals surface area contributed by atoms with Crippen LogP contribution in [0.1, 0.15) is 54.2 Å². The Kier molecular flexibility index (Phi) is 5.13. The maximum atomic E-state index is 12.4. The van der Waals surface area contributed by atoms with E-state index in [0.717, 1.165) is 12.0 Å². The number of fused-ring (bicyclic) bond motifs is 1. The van der Waals surface area contributed by atoms with E-state index in [9.17, 15) is 9.59 Å². The highest BCUT2D eigenvalue weighted by atomic mass is 35.5. The average molecular weight is 358 g/mol. The van der Waals surface area contributed by atoms with Gasteiger partial charge in [0.2, 0.25) is 11.9 Å². The van der Waals surface area contributed by atoms with Gasteiger partial charge in [0.1, 0.15) is 0 Å². The lowest BCUT2D eigenvalue weighted by atomic mass is 9.82. The standard InChI is InChI=1S/C19H20ClN3O2/c1-3-11(2)18(25)23-19-21-10-15-16(22-19)8-13(9-17(15)24)12-5-4-6-14(20)7-12/h4-7,10-11,13H,3,8-9H2,1-2H3,(H,21,22,23,25)/t11-,13+/m0/s1. The molecule has 2 atom stereocenters. The molecule has 0 spiro atoms. The van der Waals surface area contributed by atoms with Crippen LogP contribution in [0.3, 0.4) is 0 Å². The molecule has 3 rings (SSSR count). The number of benzene rings is 1. The van der Waals surface area contributed by atoms with Crippen LogP contribution in [0.25, 0.3) is 0 Å². The highest BCUT2D eigenvalue weighted by Gasteiger charge is 2.28. The Morgan fingerprint density at radius 3 is 2.92 bits per heavy atom. The van der Waals surface area contributed by atoms with Crippen LogP contribution in [0.15, 0.2) is 30.5 Å². The summed E-state index contributed by atoms with van der Waals surface area (Å²) in [5, 5.41) is 3.38. The molecule has 0 bridgehead atoms. The number of nitrogens with zero attached hydrogens (tertiary/aromatic N) is 2. The quantitative estimate of drug-likeness (QED) is 0.896. The van der Waals surface area contributed by atoms with Crippen LogP contribution in [0.4, 0.5) is 5.95 Å². The molecule has 0 saturated heterocycles. The van der Waals surface area contributed by atoms with Gasteiger partial charge in [-0.2, -0.15) is 0 Å². The molecule has 1 heterocycles. The second-order valence-electron chi connectivity index (χ2n) is 6.44. The minimum absolute atomic E-state index is 0.0195. The third kappa shape index (κ3) is 3.87. The van der Waals surface area contributed by atoms with Crippen LogP contribution >= 0.6 is 11.6 Å². The molecule has 0 fully saturated rings. The lowest BCUT2D eigenvalue weighted by Crippen LogP contribution is -2.24. The molecule has 1 N–H and O–H groups in total. The highest BCUT2D eigenvalue weighted by molar-refractivity contribution is 6.30. The number of hydrogen-bond acceptors (Lipinski definition) is 4. The minimum Gasteiger partial charge on any atom is -0.294 e. The summed E-state index contributed by atoms with van der Waals surface area (Å²) in [6, 6.07) is 7.56. The van der Waals surface area contributed by atoms with E-state index in [4.69, 9.17) is 11.6 Å². The Hall–Kier alpha value is -2.27. The number of anilines is 1. The molecule has 1 amide bonds. The van der Waals surface area contributed by atoms with E-state index in [0.29, 0.717) is 29.1 Å². The zero-order chi connectivity index (χ0) is 18.0. The van der Waals surface area contributed by atoms with Gasteiger partial charge < -0.3 is 0 Å². The summed E-state index contributed by atoms with van der Waals surface area (Å²) in [7, 11) is 0. The Labute approximate surface area is 151 Å². The molecule has 0 radical (unpaired) electrons. The number of hydrogen-bond donors (Lipinski definition) is 1. The molecule has 0 saturated carbocycles. The van der Waals surface area contributed by atoms with Gasteiger partial charge in [-0.05, 0) is 36.5 Å². The van der Waals surface area contributed by atoms with Gasteiger partial charge in [-0.15, -0.1) is 0 Å². The van der Waals surface area contributed by atoms with Crippen molar-refractivity contribution in [2.45, 2.75) is 39.0 Å². The molecule has 1 aromatic carbocycles. The summed E-state index contributed by atoms with van der Waals surface area (Å²) >= 11 is 6.07. The largest absolute Gasteiger partial charge is 0.294 e. The van der Waals surface area contributed by atoms with Gasteiger partial charge in [0.05, 0.1) is 11.3 Å². The number of carbonyl (C=O) groups excluding carboxylic acids is 2. The maximum absolute atomic E-state index is 12.4. The molecule has 25 heavy (non-hydrogen) atoms. The molecule has 5 nitrogen and oxygen atoms in total. The minimum atomic E-state index is -0.115. The summed E-state index contributed by atoms with van der Waals surface area (Å²) in [5.74, 6) is 0.0813. The van der Waals surface area contributed by atoms with E-state index < -0.39 is 0 Å². The fourth-order valence-corrected chi connectivity index (χ4v) is 3.12. The molecular formula is C19H20ClN3O2. The Morgan fingerprint density at radius 1 is 1.40 bits per heavy atom. The number of halogens is 1. The van der Waals surface area contributed by atoms with E-state index in [1.165, 1.54) is 6.20 Å². The zero-order valence-electron chi connectivity index (χ0n) is 14.3. The number of Topliss-reactive ketones (excluding diaryl/α,β-unsaturated/α-hetero) is 1. The van der Waals surface area contributed by atoms with Crippen LogP contribution < -0.4 is 5.32 Å². The van der Waals surface area contributed by atoms with Crippen LogP contribution in [-0.2, 0) is 11.2 Å². The monoisotopic (exact) mass is 357 g/mol. The van der Waals surface area contributed by atoms with Gasteiger partial charge in [0.15, 0.2) is 5.78 Å². The van der Waals surface area contributed by atoms with Crippen molar-refractivity contribution in [2.75, 3.05) is 5.32 Å². The number of carbonyl (C=O) groups is 2. The lowest BCUT2D eigenvalue weighted by Gasteiger charge is -2.23. The summed E-state index contributed by atoms with van der Waals surface area (Å²) in [6.07, 6.45) is 3.29. The molecule has 1 aliphatic carbocycles. The third-order valence-electron chi connectivity index (χ3n) is 4.65. The van der Waals surface area contributed by atoms with Gasteiger partial charge in [0, 0.05) is 23.6 Å². The summed E-state index contributed by atoms with van der Waals surface area (Å²) < 4.78 is 0. The first-order valence-corrected chi connectivity index (χ1v) is 8.81. The molecule has 0 unspecified atom stereocenters. The Bertz CT molecular complexity index is 822. The van der Waals surface area contributed by atoms with Crippen LogP contribution in [0.2, 0.25) is 5.02 Å². The average Bonchev–Trinajstić information content (AvgIpc) is 2.60. The molecule has 0 aliphatic heterocycles. The summed E-state index contributed by atoms with van der Waals surface area (Å²) in [4.78, 5) is 33.0. The van der Waals surface area contributed by atoms with Gasteiger partial charge in [-0.1, -0.05) is 37.6 Å². The van der Waals surface area contributed by atoms with E-state index in [2.05, 4.69) is 15.3 Å². The third-order valence-corrected chi connectivity index (χ3v) is 4.89. The molecule has 2 aromatic rings. The molecule has 6 heteroatoms. The maximum Gasteiger partial charge on any atom is 0.229 e. The van der Waals surface area contributed by atoms with Crippen molar-refractivity contribution in [3.05, 3.63) is 52.3 Å². The van der Waals surface area contributed by atoms with Crippen molar-refractivity contribution in [2.24, 2.45) is 5.92 Å². The number of aromatic nitrogens is 2. The van der Waals surface area contributed by atoms with Crippen LogP contribution in [0, 0.1) is 5.92 Å². The van der Waals surface area contributed by atoms with E-state index in [1.54, 1.807) is 0 Å². The molecule has 130 valence electrons. The molecule has 1 aliphatic rings. The van der Waals surface area contributed by atoms with Crippen molar-refractivity contribution in [3.63, 3.8) is 0 Å². The fourth-order valence-electron chi connectivity index (χ4n) is 2.92. The summed E-state index contributed by atoms with van der Waals surface area (Å²) in [5.41, 5.74) is 2.24. The molecular weight excluding hydrogens is 338 g/mol. The normalized spacial score (nSPS) is 17.7. The second-order valence-corrected chi connectivity index (χ2v) is 6.87. The van der Waals surface area contributed by atoms with Gasteiger partial charge in [-0.3, -0.25) is 14.9 Å².